The monoisotopic (exact) mass is 373 g/mol. The highest BCUT2D eigenvalue weighted by Crippen LogP contribution is 2.19. The Morgan fingerprint density at radius 1 is 1.23 bits per heavy atom. The van der Waals surface area contributed by atoms with E-state index in [0.717, 1.165) is 12.2 Å². The molecule has 0 aromatic heterocycles. The van der Waals surface area contributed by atoms with Gasteiger partial charge in [-0.2, -0.15) is 0 Å². The Labute approximate surface area is 156 Å². The van der Waals surface area contributed by atoms with Crippen molar-refractivity contribution in [3.8, 4) is 5.75 Å². The van der Waals surface area contributed by atoms with E-state index in [1.54, 1.807) is 30.3 Å². The molecule has 2 rings (SSSR count). The average molecular weight is 373 g/mol. The van der Waals surface area contributed by atoms with Crippen molar-refractivity contribution in [3.05, 3.63) is 64.2 Å². The van der Waals surface area contributed by atoms with Crippen LogP contribution in [-0.4, -0.2) is 22.0 Å². The molecule has 0 radical (unpaired) electrons. The summed E-state index contributed by atoms with van der Waals surface area (Å²) in [5.74, 6) is 0.0892. The molecule has 1 atom stereocenters. The lowest BCUT2D eigenvalue weighted by atomic mass is 10.1. The van der Waals surface area contributed by atoms with Gasteiger partial charge in [0.15, 0.2) is 5.11 Å². The number of nitrogens with one attached hydrogen (secondary N) is 2. The number of carbonyl (C=O) groups is 1. The molecular weight excluding hydrogens is 354 g/mol. The zero-order valence-corrected chi connectivity index (χ0v) is 15.2. The molecule has 0 bridgehead atoms. The number of carbonyl (C=O) groups excluding carboxylic acids is 1. The summed E-state index contributed by atoms with van der Waals surface area (Å²) in [7, 11) is 0. The van der Waals surface area contributed by atoms with Crippen LogP contribution in [-0.2, 0) is 0 Å². The maximum absolute atomic E-state index is 12.2. The minimum atomic E-state index is -0.647. The van der Waals surface area contributed by atoms with Gasteiger partial charge in [-0.05, 0) is 55.9 Å². The minimum Gasteiger partial charge on any atom is -0.491 e. The Morgan fingerprint density at radius 2 is 1.88 bits per heavy atom. The van der Waals surface area contributed by atoms with Gasteiger partial charge in [-0.1, -0.05) is 19.1 Å². The van der Waals surface area contributed by atoms with Crippen LogP contribution in [0.15, 0.2) is 48.5 Å². The molecule has 0 aliphatic rings. The molecule has 2 N–H and O–H groups in total. The number of hydrogen-bond donors (Lipinski definition) is 2. The summed E-state index contributed by atoms with van der Waals surface area (Å²) in [5, 5.41) is 16.3. The molecule has 0 spiro atoms. The summed E-state index contributed by atoms with van der Waals surface area (Å²) in [5.41, 5.74) is 0.327. The van der Waals surface area contributed by atoms with E-state index in [-0.39, 0.29) is 22.5 Å². The van der Waals surface area contributed by atoms with Gasteiger partial charge in [-0.25, -0.2) is 0 Å². The van der Waals surface area contributed by atoms with Crippen LogP contribution >= 0.6 is 12.2 Å². The van der Waals surface area contributed by atoms with E-state index in [1.165, 1.54) is 18.2 Å². The number of nitro benzene ring substituents is 1. The first-order chi connectivity index (χ1) is 12.4. The van der Waals surface area contributed by atoms with Crippen molar-refractivity contribution in [2.75, 3.05) is 5.32 Å². The number of thiocarbonyl (C=S) groups is 1. The highest BCUT2D eigenvalue weighted by Gasteiger charge is 2.19. The number of anilines is 1. The first-order valence-corrected chi connectivity index (χ1v) is 8.44. The van der Waals surface area contributed by atoms with Gasteiger partial charge in [0, 0.05) is 11.8 Å². The van der Waals surface area contributed by atoms with Crippen molar-refractivity contribution in [3.63, 3.8) is 0 Å². The van der Waals surface area contributed by atoms with Crippen LogP contribution in [0.25, 0.3) is 0 Å². The van der Waals surface area contributed by atoms with Crippen molar-refractivity contribution >= 4 is 34.6 Å². The van der Waals surface area contributed by atoms with Crippen LogP contribution < -0.4 is 15.4 Å². The molecule has 136 valence electrons. The Bertz CT molecular complexity index is 808. The van der Waals surface area contributed by atoms with Crippen LogP contribution in [0.3, 0.4) is 0 Å². The van der Waals surface area contributed by atoms with Gasteiger partial charge < -0.3 is 10.1 Å². The van der Waals surface area contributed by atoms with E-state index in [9.17, 15) is 14.9 Å². The van der Waals surface area contributed by atoms with Crippen molar-refractivity contribution < 1.29 is 14.5 Å². The molecule has 26 heavy (non-hydrogen) atoms. The predicted octanol–water partition coefficient (Wildman–Crippen LogP) is 3.90. The molecule has 0 aliphatic carbocycles. The number of nitrogens with zero attached hydrogens (tertiary/aromatic N) is 1. The number of ether oxygens (including phenoxy) is 1. The van der Waals surface area contributed by atoms with Gasteiger partial charge in [0.2, 0.25) is 0 Å². The normalized spacial score (nSPS) is 11.3. The highest BCUT2D eigenvalue weighted by atomic mass is 32.1. The topological polar surface area (TPSA) is 93.5 Å². The van der Waals surface area contributed by atoms with Crippen LogP contribution in [0.1, 0.15) is 30.6 Å². The van der Waals surface area contributed by atoms with Crippen LogP contribution in [0, 0.1) is 10.1 Å². The largest absolute Gasteiger partial charge is 0.491 e. The third-order valence-electron chi connectivity index (χ3n) is 3.60. The molecule has 2 aromatic carbocycles. The van der Waals surface area contributed by atoms with Crippen molar-refractivity contribution in [2.45, 2.75) is 26.4 Å². The molecule has 7 nitrogen and oxygen atoms in total. The summed E-state index contributed by atoms with van der Waals surface area (Å²) in [6.45, 7) is 4.03. The van der Waals surface area contributed by atoms with Crippen molar-refractivity contribution in [1.82, 2.24) is 5.32 Å². The van der Waals surface area contributed by atoms with Crippen LogP contribution in [0.5, 0.6) is 5.75 Å². The molecular formula is C18H19N3O4S. The van der Waals surface area contributed by atoms with E-state index in [1.807, 2.05) is 13.8 Å². The van der Waals surface area contributed by atoms with Crippen LogP contribution in [0.2, 0.25) is 0 Å². The lowest BCUT2D eigenvalue weighted by Crippen LogP contribution is -2.34. The van der Waals surface area contributed by atoms with Gasteiger partial charge >= 0.3 is 0 Å². The first kappa shape index (κ1) is 19.3. The van der Waals surface area contributed by atoms with E-state index in [2.05, 4.69) is 10.6 Å². The molecule has 8 heteroatoms. The molecule has 0 heterocycles. The number of nitro groups is 1. The molecule has 0 saturated heterocycles. The summed E-state index contributed by atoms with van der Waals surface area (Å²) in [6, 6.07) is 12.8. The quantitative estimate of drug-likeness (QED) is 0.453. The number of hydrogen-bond acceptors (Lipinski definition) is 5. The maximum atomic E-state index is 12.2. The lowest BCUT2D eigenvalue weighted by molar-refractivity contribution is -0.385. The summed E-state index contributed by atoms with van der Waals surface area (Å²) < 4.78 is 5.69. The fraction of sp³-hybridized carbons (Fsp3) is 0.222. The number of rotatable bonds is 6. The van der Waals surface area contributed by atoms with Gasteiger partial charge in [0.05, 0.1) is 11.0 Å². The third-order valence-corrected chi connectivity index (χ3v) is 3.80. The second kappa shape index (κ2) is 8.91. The second-order valence-electron chi connectivity index (χ2n) is 5.54. The Morgan fingerprint density at radius 3 is 2.50 bits per heavy atom. The molecule has 0 aliphatic heterocycles. The van der Waals surface area contributed by atoms with Gasteiger partial charge in [-0.3, -0.25) is 20.2 Å². The smallest absolute Gasteiger partial charge is 0.282 e. The predicted molar refractivity (Wildman–Crippen MR) is 104 cm³/mol. The fourth-order valence-corrected chi connectivity index (χ4v) is 2.30. The summed E-state index contributed by atoms with van der Waals surface area (Å²) in [6.07, 6.45) is 1.03. The van der Waals surface area contributed by atoms with E-state index < -0.39 is 10.8 Å². The van der Waals surface area contributed by atoms with Gasteiger partial charge in [0.25, 0.3) is 11.6 Å². The lowest BCUT2D eigenvalue weighted by Gasteiger charge is -2.13. The second-order valence-corrected chi connectivity index (χ2v) is 5.95. The minimum absolute atomic E-state index is 0.0451. The number of benzene rings is 2. The molecule has 0 fully saturated rings. The van der Waals surface area contributed by atoms with Gasteiger partial charge in [0.1, 0.15) is 11.3 Å². The van der Waals surface area contributed by atoms with E-state index >= 15 is 0 Å². The SMILES string of the molecule is CCC(C)Oc1ccc(NC(=S)NC(=O)c2ccccc2[N+](=O)[O-])cc1. The Kier molecular flexibility index (Phi) is 6.62. The van der Waals surface area contributed by atoms with Crippen molar-refractivity contribution in [1.29, 1.82) is 0 Å². The standard InChI is InChI=1S/C18H19N3O4S/c1-3-12(2)25-14-10-8-13(9-11-14)19-18(26)20-17(22)15-6-4-5-7-16(15)21(23)24/h4-12H,3H2,1-2H3,(H2,19,20,22,26). The zero-order chi connectivity index (χ0) is 19.1. The molecule has 0 saturated carbocycles. The van der Waals surface area contributed by atoms with E-state index in [4.69, 9.17) is 17.0 Å². The molecule has 2 aromatic rings. The molecule has 1 unspecified atom stereocenters. The average Bonchev–Trinajstić information content (AvgIpc) is 2.63. The van der Waals surface area contributed by atoms with Crippen molar-refractivity contribution in [2.24, 2.45) is 0 Å². The summed E-state index contributed by atoms with van der Waals surface area (Å²) in [4.78, 5) is 22.6. The summed E-state index contributed by atoms with van der Waals surface area (Å²) >= 11 is 5.10. The maximum Gasteiger partial charge on any atom is 0.282 e. The molecule has 1 amide bonds. The van der Waals surface area contributed by atoms with E-state index in [0.29, 0.717) is 5.69 Å². The zero-order valence-electron chi connectivity index (χ0n) is 14.4. The van der Waals surface area contributed by atoms with Gasteiger partial charge in [-0.15, -0.1) is 0 Å². The first-order valence-electron chi connectivity index (χ1n) is 8.03. The van der Waals surface area contributed by atoms with Crippen LogP contribution in [0.4, 0.5) is 11.4 Å². The third kappa shape index (κ3) is 5.25. The Hall–Kier alpha value is -3.00. The Balaban J connectivity index is 1.98. The number of para-hydroxylation sites is 1. The highest BCUT2D eigenvalue weighted by molar-refractivity contribution is 7.80. The number of amides is 1. The fourth-order valence-electron chi connectivity index (χ4n) is 2.09.